The molecule has 11 heteroatoms. The summed E-state index contributed by atoms with van der Waals surface area (Å²) in [6, 6.07) is 5.53. The number of carbonyl (C=O) groups is 3. The quantitative estimate of drug-likeness (QED) is 0.691. The average molecular weight is 473 g/mol. The van der Waals surface area contributed by atoms with Gasteiger partial charge in [-0.2, -0.15) is 0 Å². The van der Waals surface area contributed by atoms with E-state index in [1.165, 1.54) is 17.3 Å². The molecule has 1 aromatic carbocycles. The zero-order chi connectivity index (χ0) is 23.4. The lowest BCUT2D eigenvalue weighted by Crippen LogP contribution is -2.45. The number of methoxy groups -OCH3 is 1. The van der Waals surface area contributed by atoms with Gasteiger partial charge in [-0.3, -0.25) is 14.9 Å². The van der Waals surface area contributed by atoms with Gasteiger partial charge in [0.1, 0.15) is 6.04 Å². The van der Waals surface area contributed by atoms with Crippen LogP contribution in [0.3, 0.4) is 0 Å². The third kappa shape index (κ3) is 5.40. The van der Waals surface area contributed by atoms with Gasteiger partial charge in [-0.1, -0.05) is 11.6 Å². The fourth-order valence-corrected chi connectivity index (χ4v) is 4.09. The summed E-state index contributed by atoms with van der Waals surface area (Å²) in [6.07, 6.45) is 5.43. The molecule has 4 rings (SSSR count). The molecule has 2 aliphatic heterocycles. The number of benzene rings is 1. The summed E-state index contributed by atoms with van der Waals surface area (Å²) in [6.45, 7) is 0.900. The maximum atomic E-state index is 13.0. The number of nitrogens with zero attached hydrogens (tertiary/aromatic N) is 4. The fourth-order valence-electron chi connectivity index (χ4n) is 3.97. The Labute approximate surface area is 196 Å². The third-order valence-corrected chi connectivity index (χ3v) is 6.02. The first kappa shape index (κ1) is 22.9. The van der Waals surface area contributed by atoms with Crippen molar-refractivity contribution in [2.75, 3.05) is 35.7 Å². The van der Waals surface area contributed by atoms with E-state index in [4.69, 9.17) is 16.3 Å². The largest absolute Gasteiger partial charge is 0.380 e. The smallest absolute Gasteiger partial charge is 0.322 e. The molecule has 10 nitrogen and oxygen atoms in total. The van der Waals surface area contributed by atoms with Gasteiger partial charge in [0.25, 0.3) is 0 Å². The van der Waals surface area contributed by atoms with Crippen molar-refractivity contribution < 1.29 is 19.1 Å². The molecular formula is C22H25ClN6O4. The number of ether oxygens (including phenoxy) is 1. The summed E-state index contributed by atoms with van der Waals surface area (Å²) in [4.78, 5) is 49.4. The number of piperidine rings is 1. The van der Waals surface area contributed by atoms with E-state index in [-0.39, 0.29) is 24.5 Å². The molecule has 0 bridgehead atoms. The number of halogens is 1. The number of urea groups is 1. The number of nitrogens with one attached hydrogen (secondary N) is 2. The monoisotopic (exact) mass is 472 g/mol. The maximum absolute atomic E-state index is 13.0. The van der Waals surface area contributed by atoms with E-state index >= 15 is 0 Å². The normalized spacial score (nSPS) is 20.6. The molecule has 174 valence electrons. The van der Waals surface area contributed by atoms with Crippen LogP contribution in [0.25, 0.3) is 0 Å². The molecule has 2 fully saturated rings. The first-order chi connectivity index (χ1) is 15.9. The van der Waals surface area contributed by atoms with E-state index in [2.05, 4.69) is 20.6 Å². The minimum Gasteiger partial charge on any atom is -0.380 e. The van der Waals surface area contributed by atoms with E-state index in [1.54, 1.807) is 36.3 Å². The Balaban J connectivity index is 1.42. The number of aromatic nitrogens is 2. The Morgan fingerprint density at radius 1 is 1.12 bits per heavy atom. The van der Waals surface area contributed by atoms with Gasteiger partial charge >= 0.3 is 6.03 Å². The van der Waals surface area contributed by atoms with Crippen molar-refractivity contribution in [2.45, 2.75) is 37.8 Å². The molecule has 2 aromatic rings. The van der Waals surface area contributed by atoms with Crippen LogP contribution in [0.15, 0.2) is 36.7 Å². The average Bonchev–Trinajstić information content (AvgIpc) is 3.27. The zero-order valence-electron chi connectivity index (χ0n) is 18.2. The number of likely N-dealkylation sites (tertiary alicyclic amines) is 1. The molecular weight excluding hydrogens is 448 g/mol. The number of amides is 4. The number of hydrogen-bond donors (Lipinski definition) is 2. The third-order valence-electron chi connectivity index (χ3n) is 5.76. The number of hydrogen-bond acceptors (Lipinski definition) is 6. The van der Waals surface area contributed by atoms with Crippen LogP contribution in [0.4, 0.5) is 22.1 Å². The standard InChI is InChI=1S/C22H25ClN6O4/c1-33-17-10-18(29(13-17)22(32)26-15-7-5-14(23)6-8-15)20(31)27-21-24-11-16(12-25-21)28-9-3-2-4-19(28)30/h5-8,11-12,17-18H,2-4,9-10,13H2,1H3,(H,26,32)(H,24,25,27,31). The molecule has 4 amide bonds. The van der Waals surface area contributed by atoms with E-state index in [0.717, 1.165) is 12.8 Å². The second-order valence-electron chi connectivity index (χ2n) is 7.96. The molecule has 2 N–H and O–H groups in total. The molecule has 1 aromatic heterocycles. The molecule has 2 atom stereocenters. The van der Waals surface area contributed by atoms with Crippen molar-refractivity contribution in [1.29, 1.82) is 0 Å². The van der Waals surface area contributed by atoms with Gasteiger partial charge in [0.2, 0.25) is 17.8 Å². The van der Waals surface area contributed by atoms with Crippen LogP contribution in [0, 0.1) is 0 Å². The van der Waals surface area contributed by atoms with Gasteiger partial charge in [0, 0.05) is 43.8 Å². The van der Waals surface area contributed by atoms with Gasteiger partial charge in [0.15, 0.2) is 0 Å². The summed E-state index contributed by atoms with van der Waals surface area (Å²) in [5.41, 5.74) is 1.16. The highest BCUT2D eigenvalue weighted by Gasteiger charge is 2.40. The molecule has 2 saturated heterocycles. The molecule has 0 spiro atoms. The highest BCUT2D eigenvalue weighted by atomic mass is 35.5. The zero-order valence-corrected chi connectivity index (χ0v) is 18.9. The Bertz CT molecular complexity index is 1020. The second-order valence-corrected chi connectivity index (χ2v) is 8.39. The van der Waals surface area contributed by atoms with E-state index in [9.17, 15) is 14.4 Å². The number of carbonyl (C=O) groups excluding carboxylic acids is 3. The topological polar surface area (TPSA) is 117 Å². The summed E-state index contributed by atoms with van der Waals surface area (Å²) in [7, 11) is 1.55. The first-order valence-electron chi connectivity index (χ1n) is 10.7. The summed E-state index contributed by atoms with van der Waals surface area (Å²) in [5.74, 6) is -0.268. The van der Waals surface area contributed by atoms with Crippen molar-refractivity contribution in [1.82, 2.24) is 14.9 Å². The Morgan fingerprint density at radius 2 is 1.85 bits per heavy atom. The molecule has 0 radical (unpaired) electrons. The lowest BCUT2D eigenvalue weighted by molar-refractivity contribution is -0.120. The van der Waals surface area contributed by atoms with Crippen LogP contribution < -0.4 is 15.5 Å². The van der Waals surface area contributed by atoms with Crippen LogP contribution in [0.2, 0.25) is 5.02 Å². The highest BCUT2D eigenvalue weighted by Crippen LogP contribution is 2.24. The fraction of sp³-hybridized carbons (Fsp3) is 0.409. The van der Waals surface area contributed by atoms with Gasteiger partial charge in [-0.05, 0) is 37.1 Å². The van der Waals surface area contributed by atoms with Crippen LogP contribution in [-0.4, -0.2) is 65.1 Å². The van der Waals surface area contributed by atoms with Crippen molar-refractivity contribution in [3.63, 3.8) is 0 Å². The van der Waals surface area contributed by atoms with Crippen LogP contribution in [-0.2, 0) is 14.3 Å². The Hall–Kier alpha value is -3.24. The summed E-state index contributed by atoms with van der Waals surface area (Å²) in [5, 5.41) is 6.00. The molecule has 2 unspecified atom stereocenters. The predicted molar refractivity (Wildman–Crippen MR) is 123 cm³/mol. The van der Waals surface area contributed by atoms with E-state index in [0.29, 0.717) is 35.8 Å². The first-order valence-corrected chi connectivity index (χ1v) is 11.1. The second kappa shape index (κ2) is 10.1. The molecule has 0 saturated carbocycles. The summed E-state index contributed by atoms with van der Waals surface area (Å²) < 4.78 is 5.39. The van der Waals surface area contributed by atoms with E-state index in [1.807, 2.05) is 0 Å². The van der Waals surface area contributed by atoms with Gasteiger partial charge in [-0.25, -0.2) is 14.8 Å². The maximum Gasteiger partial charge on any atom is 0.322 e. The number of rotatable bonds is 5. The van der Waals surface area contributed by atoms with Crippen molar-refractivity contribution in [2.24, 2.45) is 0 Å². The predicted octanol–water partition coefficient (Wildman–Crippen LogP) is 2.91. The van der Waals surface area contributed by atoms with E-state index < -0.39 is 18.0 Å². The van der Waals surface area contributed by atoms with Crippen LogP contribution in [0.5, 0.6) is 0 Å². The summed E-state index contributed by atoms with van der Waals surface area (Å²) >= 11 is 5.89. The molecule has 33 heavy (non-hydrogen) atoms. The van der Waals surface area contributed by atoms with Gasteiger partial charge in [0.05, 0.1) is 24.2 Å². The Morgan fingerprint density at radius 3 is 2.52 bits per heavy atom. The van der Waals surface area contributed by atoms with Gasteiger partial charge in [-0.15, -0.1) is 0 Å². The molecule has 3 heterocycles. The van der Waals surface area contributed by atoms with Crippen molar-refractivity contribution in [3.05, 3.63) is 41.7 Å². The minimum atomic E-state index is -0.755. The van der Waals surface area contributed by atoms with Crippen molar-refractivity contribution in [3.8, 4) is 0 Å². The van der Waals surface area contributed by atoms with Gasteiger partial charge < -0.3 is 19.9 Å². The van der Waals surface area contributed by atoms with Crippen molar-refractivity contribution >= 4 is 46.8 Å². The lowest BCUT2D eigenvalue weighted by atomic mass is 10.1. The lowest BCUT2D eigenvalue weighted by Gasteiger charge is -2.26. The van der Waals surface area contributed by atoms with Crippen LogP contribution >= 0.6 is 11.6 Å². The molecule has 0 aliphatic carbocycles. The number of anilines is 3. The highest BCUT2D eigenvalue weighted by molar-refractivity contribution is 6.30. The minimum absolute atomic E-state index is 0.0422. The van der Waals surface area contributed by atoms with Crippen LogP contribution in [0.1, 0.15) is 25.7 Å². The molecule has 2 aliphatic rings. The Kier molecular flexibility index (Phi) is 7.05. The SMILES string of the molecule is COC1CC(C(=O)Nc2ncc(N3CCCCC3=O)cn2)N(C(=O)Nc2ccc(Cl)cc2)C1.